The molecule has 1 heterocycles. The number of thioether (sulfide) groups is 1. The highest BCUT2D eigenvalue weighted by Gasteiger charge is 2.17. The summed E-state index contributed by atoms with van der Waals surface area (Å²) in [4.78, 5) is 24.7. The average Bonchev–Trinajstić information content (AvgIpc) is 2.46. The van der Waals surface area contributed by atoms with Crippen LogP contribution < -0.4 is 5.32 Å². The molecule has 3 nitrogen and oxygen atoms in total. The number of hydrogen-bond donors (Lipinski definition) is 1. The molecule has 0 saturated carbocycles. The van der Waals surface area contributed by atoms with Crippen LogP contribution in [-0.2, 0) is 4.79 Å². The van der Waals surface area contributed by atoms with Gasteiger partial charge in [0.15, 0.2) is 5.78 Å². The first-order chi connectivity index (χ1) is 9.24. The van der Waals surface area contributed by atoms with Crippen molar-refractivity contribution in [3.63, 3.8) is 0 Å². The van der Waals surface area contributed by atoms with Crippen LogP contribution in [-0.4, -0.2) is 17.4 Å². The fourth-order valence-electron chi connectivity index (χ4n) is 1.98. The first-order valence-corrected chi connectivity index (χ1v) is 6.89. The Morgan fingerprint density at radius 1 is 1.05 bits per heavy atom. The highest BCUT2D eigenvalue weighted by molar-refractivity contribution is 8.00. The summed E-state index contributed by atoms with van der Waals surface area (Å²) in [5, 5.41) is 2.79. The van der Waals surface area contributed by atoms with Crippen molar-refractivity contribution >= 4 is 29.1 Å². The summed E-state index contributed by atoms with van der Waals surface area (Å²) in [5.74, 6) is 0.369. The van der Waals surface area contributed by atoms with Crippen LogP contribution in [0.15, 0.2) is 53.4 Å². The Kier molecular flexibility index (Phi) is 3.09. The van der Waals surface area contributed by atoms with Gasteiger partial charge in [-0.15, -0.1) is 11.8 Å². The van der Waals surface area contributed by atoms with Crippen LogP contribution in [0.5, 0.6) is 0 Å². The maximum atomic E-state index is 12.3. The zero-order chi connectivity index (χ0) is 13.2. The van der Waals surface area contributed by atoms with Crippen LogP contribution in [0.3, 0.4) is 0 Å². The number of anilines is 1. The van der Waals surface area contributed by atoms with Crippen LogP contribution >= 0.6 is 11.8 Å². The van der Waals surface area contributed by atoms with Gasteiger partial charge in [0.1, 0.15) is 0 Å². The maximum absolute atomic E-state index is 12.3. The molecule has 0 aliphatic carbocycles. The molecule has 0 saturated heterocycles. The van der Waals surface area contributed by atoms with Crippen molar-refractivity contribution in [2.75, 3.05) is 11.1 Å². The molecule has 0 fully saturated rings. The van der Waals surface area contributed by atoms with Gasteiger partial charge in [0.25, 0.3) is 0 Å². The highest BCUT2D eigenvalue weighted by atomic mass is 32.2. The number of carbonyl (C=O) groups excluding carboxylic acids is 2. The molecule has 19 heavy (non-hydrogen) atoms. The Balaban J connectivity index is 1.96. The molecule has 1 N–H and O–H groups in total. The fraction of sp³-hybridized carbons (Fsp3) is 0.0667. The van der Waals surface area contributed by atoms with Crippen molar-refractivity contribution in [1.29, 1.82) is 0 Å². The number of rotatable bonds is 2. The lowest BCUT2D eigenvalue weighted by Crippen LogP contribution is -2.19. The molecule has 0 radical (unpaired) electrons. The van der Waals surface area contributed by atoms with E-state index in [0.29, 0.717) is 16.9 Å². The minimum Gasteiger partial charge on any atom is -0.324 e. The quantitative estimate of drug-likeness (QED) is 0.853. The van der Waals surface area contributed by atoms with Gasteiger partial charge in [0.05, 0.1) is 11.4 Å². The van der Waals surface area contributed by atoms with Crippen molar-refractivity contribution in [3.8, 4) is 0 Å². The van der Waals surface area contributed by atoms with Crippen molar-refractivity contribution in [1.82, 2.24) is 0 Å². The van der Waals surface area contributed by atoms with E-state index in [4.69, 9.17) is 0 Å². The molecule has 4 heteroatoms. The second kappa shape index (κ2) is 4.90. The monoisotopic (exact) mass is 269 g/mol. The number of nitrogens with one attached hydrogen (secondary N) is 1. The predicted molar refractivity (Wildman–Crippen MR) is 75.7 cm³/mol. The Bertz CT molecular complexity index is 652. The Morgan fingerprint density at radius 2 is 1.84 bits per heavy atom. The van der Waals surface area contributed by atoms with E-state index in [1.807, 2.05) is 24.3 Å². The second-order valence-electron chi connectivity index (χ2n) is 4.24. The molecular formula is C15H11NO2S. The van der Waals surface area contributed by atoms with Gasteiger partial charge in [-0.25, -0.2) is 0 Å². The average molecular weight is 269 g/mol. The smallest absolute Gasteiger partial charge is 0.234 e. The van der Waals surface area contributed by atoms with Crippen molar-refractivity contribution in [3.05, 3.63) is 59.7 Å². The maximum Gasteiger partial charge on any atom is 0.234 e. The summed E-state index contributed by atoms with van der Waals surface area (Å²) in [6.45, 7) is 0. The van der Waals surface area contributed by atoms with Crippen LogP contribution in [0.4, 0.5) is 5.69 Å². The Hall–Kier alpha value is -2.07. The molecule has 94 valence electrons. The summed E-state index contributed by atoms with van der Waals surface area (Å²) in [7, 11) is 0. The standard InChI is InChI=1S/C15H11NO2S/c17-14-9-19-13-7-6-11(8-12(13)16-14)15(18)10-4-2-1-3-5-10/h1-8H,9H2,(H,16,17). The van der Waals surface area contributed by atoms with Gasteiger partial charge in [0.2, 0.25) is 5.91 Å². The molecule has 0 unspecified atom stereocenters. The molecule has 2 aromatic rings. The summed E-state index contributed by atoms with van der Waals surface area (Å²) in [5.41, 5.74) is 1.97. The van der Waals surface area contributed by atoms with E-state index in [0.717, 1.165) is 10.6 Å². The predicted octanol–water partition coefficient (Wildman–Crippen LogP) is 2.96. The molecular weight excluding hydrogens is 258 g/mol. The zero-order valence-corrected chi connectivity index (χ0v) is 10.9. The topological polar surface area (TPSA) is 46.2 Å². The van der Waals surface area contributed by atoms with E-state index in [9.17, 15) is 9.59 Å². The second-order valence-corrected chi connectivity index (χ2v) is 5.26. The first kappa shape index (κ1) is 12.0. The highest BCUT2D eigenvalue weighted by Crippen LogP contribution is 2.32. The molecule has 1 aliphatic heterocycles. The molecule has 0 atom stereocenters. The molecule has 2 aromatic carbocycles. The van der Waals surface area contributed by atoms with Gasteiger partial charge < -0.3 is 5.32 Å². The van der Waals surface area contributed by atoms with E-state index in [-0.39, 0.29) is 11.7 Å². The Labute approximate surface area is 115 Å². The number of carbonyl (C=O) groups is 2. The van der Waals surface area contributed by atoms with Crippen LogP contribution in [0.2, 0.25) is 0 Å². The molecule has 0 aromatic heterocycles. The lowest BCUT2D eigenvalue weighted by molar-refractivity contribution is -0.113. The van der Waals surface area contributed by atoms with E-state index < -0.39 is 0 Å². The lowest BCUT2D eigenvalue weighted by Gasteiger charge is -2.16. The zero-order valence-electron chi connectivity index (χ0n) is 10.1. The molecule has 1 aliphatic rings. The number of fused-ring (bicyclic) bond motifs is 1. The van der Waals surface area contributed by atoms with Crippen molar-refractivity contribution < 1.29 is 9.59 Å². The molecule has 0 spiro atoms. The fourth-order valence-corrected chi connectivity index (χ4v) is 2.77. The van der Waals surface area contributed by atoms with Crippen LogP contribution in [0.1, 0.15) is 15.9 Å². The lowest BCUT2D eigenvalue weighted by atomic mass is 10.0. The van der Waals surface area contributed by atoms with Gasteiger partial charge in [-0.1, -0.05) is 30.3 Å². The molecule has 0 bridgehead atoms. The van der Waals surface area contributed by atoms with Crippen molar-refractivity contribution in [2.45, 2.75) is 4.90 Å². The minimum atomic E-state index is -0.0341. The third-order valence-electron chi connectivity index (χ3n) is 2.91. The van der Waals surface area contributed by atoms with Gasteiger partial charge >= 0.3 is 0 Å². The van der Waals surface area contributed by atoms with E-state index in [1.54, 1.807) is 24.3 Å². The SMILES string of the molecule is O=C1CSc2ccc(C(=O)c3ccccc3)cc2N1. The van der Waals surface area contributed by atoms with Gasteiger partial charge in [-0.3, -0.25) is 9.59 Å². The summed E-state index contributed by atoms with van der Waals surface area (Å²) >= 11 is 1.49. The largest absolute Gasteiger partial charge is 0.324 e. The van der Waals surface area contributed by atoms with E-state index >= 15 is 0 Å². The third kappa shape index (κ3) is 2.39. The van der Waals surface area contributed by atoms with Crippen molar-refractivity contribution in [2.24, 2.45) is 0 Å². The third-order valence-corrected chi connectivity index (χ3v) is 3.98. The molecule has 3 rings (SSSR count). The summed E-state index contributed by atoms with van der Waals surface area (Å²) < 4.78 is 0. The van der Waals surface area contributed by atoms with Crippen LogP contribution in [0.25, 0.3) is 0 Å². The first-order valence-electron chi connectivity index (χ1n) is 5.90. The van der Waals surface area contributed by atoms with E-state index in [2.05, 4.69) is 5.32 Å². The van der Waals surface area contributed by atoms with Crippen LogP contribution in [0, 0.1) is 0 Å². The number of hydrogen-bond acceptors (Lipinski definition) is 3. The molecule has 1 amide bonds. The van der Waals surface area contributed by atoms with E-state index in [1.165, 1.54) is 11.8 Å². The minimum absolute atomic E-state index is 0.0261. The number of amides is 1. The number of benzene rings is 2. The summed E-state index contributed by atoms with van der Waals surface area (Å²) in [6.07, 6.45) is 0. The van der Waals surface area contributed by atoms with Gasteiger partial charge in [-0.2, -0.15) is 0 Å². The summed E-state index contributed by atoms with van der Waals surface area (Å²) in [6, 6.07) is 14.6. The normalized spacial score (nSPS) is 13.6. The number of ketones is 1. The van der Waals surface area contributed by atoms with Gasteiger partial charge in [0, 0.05) is 16.0 Å². The van der Waals surface area contributed by atoms with Gasteiger partial charge in [-0.05, 0) is 18.2 Å². The Morgan fingerprint density at radius 3 is 2.63 bits per heavy atom.